The molecular weight excluding hydrogens is 136 g/mol. The van der Waals surface area contributed by atoms with E-state index >= 15 is 0 Å². The second kappa shape index (κ2) is 3.14. The lowest BCUT2D eigenvalue weighted by Crippen LogP contribution is -2.24. The molecule has 0 bridgehead atoms. The summed E-state index contributed by atoms with van der Waals surface area (Å²) in [5, 5.41) is 9.65. The van der Waals surface area contributed by atoms with Crippen LogP contribution < -0.4 is 0 Å². The highest BCUT2D eigenvalue weighted by Crippen LogP contribution is 2.39. The molecule has 1 nitrogen and oxygen atoms in total. The van der Waals surface area contributed by atoms with Gasteiger partial charge in [-0.3, -0.25) is 0 Å². The topological polar surface area (TPSA) is 20.2 Å². The van der Waals surface area contributed by atoms with Crippen LogP contribution in [0.1, 0.15) is 44.9 Å². The SMILES string of the molecule is OC1CCCCC1CC1CC1. The maximum atomic E-state index is 9.65. The number of rotatable bonds is 2. The molecule has 2 unspecified atom stereocenters. The Morgan fingerprint density at radius 2 is 1.73 bits per heavy atom. The van der Waals surface area contributed by atoms with E-state index in [9.17, 15) is 5.11 Å². The molecule has 11 heavy (non-hydrogen) atoms. The van der Waals surface area contributed by atoms with Crippen LogP contribution in [0.2, 0.25) is 0 Å². The number of aliphatic hydroxyl groups is 1. The van der Waals surface area contributed by atoms with E-state index in [-0.39, 0.29) is 6.10 Å². The van der Waals surface area contributed by atoms with Crippen LogP contribution in [-0.2, 0) is 0 Å². The fraction of sp³-hybridized carbons (Fsp3) is 1.00. The first-order chi connectivity index (χ1) is 5.36. The molecule has 0 aromatic heterocycles. The molecule has 0 radical (unpaired) electrons. The molecule has 0 saturated heterocycles. The van der Waals surface area contributed by atoms with Gasteiger partial charge < -0.3 is 5.11 Å². The Kier molecular flexibility index (Phi) is 2.17. The van der Waals surface area contributed by atoms with E-state index in [1.807, 2.05) is 0 Å². The van der Waals surface area contributed by atoms with Crippen molar-refractivity contribution in [3.05, 3.63) is 0 Å². The Labute approximate surface area is 68.8 Å². The number of hydrogen-bond acceptors (Lipinski definition) is 1. The summed E-state index contributed by atoms with van der Waals surface area (Å²) in [5.41, 5.74) is 0. The highest BCUT2D eigenvalue weighted by Gasteiger charge is 2.30. The van der Waals surface area contributed by atoms with E-state index in [4.69, 9.17) is 0 Å². The van der Waals surface area contributed by atoms with Crippen molar-refractivity contribution in [2.45, 2.75) is 51.0 Å². The van der Waals surface area contributed by atoms with Crippen molar-refractivity contribution in [1.82, 2.24) is 0 Å². The summed E-state index contributed by atoms with van der Waals surface area (Å²) in [6.45, 7) is 0. The molecule has 0 aromatic carbocycles. The van der Waals surface area contributed by atoms with Crippen LogP contribution in [0.25, 0.3) is 0 Å². The largest absolute Gasteiger partial charge is 0.393 e. The first-order valence-corrected chi connectivity index (χ1v) is 5.04. The zero-order valence-corrected chi connectivity index (χ0v) is 7.13. The van der Waals surface area contributed by atoms with E-state index in [1.54, 1.807) is 0 Å². The van der Waals surface area contributed by atoms with Crippen LogP contribution in [0.3, 0.4) is 0 Å². The average molecular weight is 154 g/mol. The third-order valence-corrected chi connectivity index (χ3v) is 3.20. The Bertz CT molecular complexity index is 129. The summed E-state index contributed by atoms with van der Waals surface area (Å²) < 4.78 is 0. The predicted octanol–water partition coefficient (Wildman–Crippen LogP) is 2.34. The molecule has 0 aromatic rings. The molecule has 2 aliphatic rings. The molecule has 0 amide bonds. The lowest BCUT2D eigenvalue weighted by atomic mass is 9.83. The van der Waals surface area contributed by atoms with E-state index in [1.165, 1.54) is 38.5 Å². The van der Waals surface area contributed by atoms with E-state index in [2.05, 4.69) is 0 Å². The minimum Gasteiger partial charge on any atom is -0.393 e. The summed E-state index contributed by atoms with van der Waals surface area (Å²) in [6, 6.07) is 0. The van der Waals surface area contributed by atoms with Crippen LogP contribution in [0.5, 0.6) is 0 Å². The van der Waals surface area contributed by atoms with Gasteiger partial charge in [-0.1, -0.05) is 25.7 Å². The lowest BCUT2D eigenvalue weighted by molar-refractivity contribution is 0.0623. The van der Waals surface area contributed by atoms with Crippen LogP contribution in [0, 0.1) is 11.8 Å². The summed E-state index contributed by atoms with van der Waals surface area (Å²) in [7, 11) is 0. The van der Waals surface area contributed by atoms with Gasteiger partial charge in [0.05, 0.1) is 6.10 Å². The Morgan fingerprint density at radius 3 is 2.36 bits per heavy atom. The minimum atomic E-state index is 0.0457. The summed E-state index contributed by atoms with van der Waals surface area (Å²) in [5.74, 6) is 1.66. The van der Waals surface area contributed by atoms with Gasteiger partial charge in [0, 0.05) is 0 Å². The van der Waals surface area contributed by atoms with Gasteiger partial charge in [0.1, 0.15) is 0 Å². The van der Waals surface area contributed by atoms with Gasteiger partial charge in [-0.25, -0.2) is 0 Å². The minimum absolute atomic E-state index is 0.0457. The van der Waals surface area contributed by atoms with Crippen LogP contribution >= 0.6 is 0 Å². The molecule has 2 saturated carbocycles. The summed E-state index contributed by atoms with van der Waals surface area (Å²) >= 11 is 0. The average Bonchev–Trinajstić information content (AvgIpc) is 2.78. The van der Waals surface area contributed by atoms with Crippen LogP contribution in [-0.4, -0.2) is 11.2 Å². The van der Waals surface area contributed by atoms with Gasteiger partial charge in [-0.15, -0.1) is 0 Å². The summed E-state index contributed by atoms with van der Waals surface area (Å²) in [6.07, 6.45) is 9.20. The maximum Gasteiger partial charge on any atom is 0.0568 e. The zero-order chi connectivity index (χ0) is 7.68. The normalized spacial score (nSPS) is 39.0. The van der Waals surface area contributed by atoms with E-state index < -0.39 is 0 Å². The Hall–Kier alpha value is -0.0400. The van der Waals surface area contributed by atoms with Gasteiger partial charge in [0.25, 0.3) is 0 Å². The molecule has 64 valence electrons. The molecule has 2 atom stereocenters. The second-order valence-corrected chi connectivity index (χ2v) is 4.29. The standard InChI is InChI=1S/C10H18O/c11-10-4-2-1-3-9(10)7-8-5-6-8/h8-11H,1-7H2. The molecule has 2 rings (SSSR count). The Balaban J connectivity index is 1.78. The van der Waals surface area contributed by atoms with Crippen molar-refractivity contribution in [2.75, 3.05) is 0 Å². The first-order valence-electron chi connectivity index (χ1n) is 5.04. The second-order valence-electron chi connectivity index (χ2n) is 4.29. The Morgan fingerprint density at radius 1 is 1.00 bits per heavy atom. The molecule has 2 fully saturated rings. The smallest absolute Gasteiger partial charge is 0.0568 e. The van der Waals surface area contributed by atoms with Crippen molar-refractivity contribution >= 4 is 0 Å². The fourth-order valence-electron chi connectivity index (χ4n) is 2.24. The van der Waals surface area contributed by atoms with Crippen LogP contribution in [0.4, 0.5) is 0 Å². The van der Waals surface area contributed by atoms with Gasteiger partial charge in [0.15, 0.2) is 0 Å². The van der Waals surface area contributed by atoms with Gasteiger partial charge >= 0.3 is 0 Å². The quantitative estimate of drug-likeness (QED) is 0.647. The van der Waals surface area contributed by atoms with Crippen molar-refractivity contribution in [1.29, 1.82) is 0 Å². The van der Waals surface area contributed by atoms with Gasteiger partial charge in [-0.05, 0) is 31.1 Å². The first kappa shape index (κ1) is 7.60. The molecular formula is C10H18O. The van der Waals surface area contributed by atoms with Crippen LogP contribution in [0.15, 0.2) is 0 Å². The van der Waals surface area contributed by atoms with Crippen molar-refractivity contribution in [3.8, 4) is 0 Å². The predicted molar refractivity (Wildman–Crippen MR) is 45.3 cm³/mol. The highest BCUT2D eigenvalue weighted by atomic mass is 16.3. The number of aliphatic hydroxyl groups excluding tert-OH is 1. The summed E-state index contributed by atoms with van der Waals surface area (Å²) in [4.78, 5) is 0. The van der Waals surface area contributed by atoms with E-state index in [0.717, 1.165) is 12.3 Å². The fourth-order valence-corrected chi connectivity index (χ4v) is 2.24. The zero-order valence-electron chi connectivity index (χ0n) is 7.13. The van der Waals surface area contributed by atoms with Gasteiger partial charge in [-0.2, -0.15) is 0 Å². The monoisotopic (exact) mass is 154 g/mol. The third kappa shape index (κ3) is 1.96. The van der Waals surface area contributed by atoms with Gasteiger partial charge in [0.2, 0.25) is 0 Å². The van der Waals surface area contributed by atoms with Crippen molar-refractivity contribution in [3.63, 3.8) is 0 Å². The number of hydrogen-bond donors (Lipinski definition) is 1. The van der Waals surface area contributed by atoms with E-state index in [0.29, 0.717) is 5.92 Å². The van der Waals surface area contributed by atoms with Crippen molar-refractivity contribution < 1.29 is 5.11 Å². The van der Waals surface area contributed by atoms with Crippen molar-refractivity contribution in [2.24, 2.45) is 11.8 Å². The lowest BCUT2D eigenvalue weighted by Gasteiger charge is -2.27. The molecule has 0 aliphatic heterocycles. The highest BCUT2D eigenvalue weighted by molar-refractivity contribution is 4.82. The molecule has 1 heteroatoms. The molecule has 2 aliphatic carbocycles. The molecule has 0 heterocycles. The molecule has 0 spiro atoms. The molecule has 1 N–H and O–H groups in total. The third-order valence-electron chi connectivity index (χ3n) is 3.20. The maximum absolute atomic E-state index is 9.65.